The SMILES string of the molecule is CC1(C(N)Cc2csc3ccccc23)CC1. The molecule has 2 aromatic rings. The minimum Gasteiger partial charge on any atom is -0.327 e. The molecule has 0 spiro atoms. The summed E-state index contributed by atoms with van der Waals surface area (Å²) >= 11 is 1.83. The van der Waals surface area contributed by atoms with Gasteiger partial charge < -0.3 is 5.73 Å². The number of rotatable bonds is 3. The molecule has 1 aromatic carbocycles. The van der Waals surface area contributed by atoms with E-state index in [1.807, 2.05) is 11.3 Å². The maximum atomic E-state index is 6.30. The van der Waals surface area contributed by atoms with E-state index in [0.717, 1.165) is 6.42 Å². The Kier molecular flexibility index (Phi) is 2.30. The number of benzene rings is 1. The van der Waals surface area contributed by atoms with Gasteiger partial charge in [0, 0.05) is 10.7 Å². The zero-order chi connectivity index (χ0) is 11.2. The highest BCUT2D eigenvalue weighted by Gasteiger charge is 2.42. The number of hydrogen-bond acceptors (Lipinski definition) is 2. The van der Waals surface area contributed by atoms with Crippen LogP contribution in [-0.2, 0) is 6.42 Å². The Morgan fingerprint density at radius 2 is 2.12 bits per heavy atom. The van der Waals surface area contributed by atoms with E-state index < -0.39 is 0 Å². The standard InChI is InChI=1S/C14H17NS/c1-14(6-7-14)13(15)8-10-9-16-12-5-3-2-4-11(10)12/h2-5,9,13H,6-8,15H2,1H3. The zero-order valence-corrected chi connectivity index (χ0v) is 10.4. The van der Waals surface area contributed by atoms with Crippen LogP contribution in [0.25, 0.3) is 10.1 Å². The van der Waals surface area contributed by atoms with E-state index in [2.05, 4.69) is 36.6 Å². The molecule has 0 radical (unpaired) electrons. The van der Waals surface area contributed by atoms with Crippen LogP contribution in [-0.4, -0.2) is 6.04 Å². The maximum absolute atomic E-state index is 6.30. The first-order valence-corrected chi connectivity index (χ1v) is 6.78. The van der Waals surface area contributed by atoms with Gasteiger partial charge in [0.25, 0.3) is 0 Å². The molecular weight excluding hydrogens is 214 g/mol. The lowest BCUT2D eigenvalue weighted by Crippen LogP contribution is -2.31. The molecule has 0 aliphatic heterocycles. The molecule has 0 amide bonds. The largest absolute Gasteiger partial charge is 0.327 e. The Morgan fingerprint density at radius 3 is 2.88 bits per heavy atom. The Morgan fingerprint density at radius 1 is 1.38 bits per heavy atom. The molecule has 1 atom stereocenters. The van der Waals surface area contributed by atoms with Gasteiger partial charge >= 0.3 is 0 Å². The first kappa shape index (κ1) is 10.3. The van der Waals surface area contributed by atoms with E-state index in [0.29, 0.717) is 11.5 Å². The fourth-order valence-corrected chi connectivity index (χ4v) is 3.22. The Labute approximate surface area is 100 Å². The number of fused-ring (bicyclic) bond motifs is 1. The molecule has 1 aliphatic carbocycles. The Hall–Kier alpha value is -0.860. The van der Waals surface area contributed by atoms with E-state index in [4.69, 9.17) is 5.73 Å². The second-order valence-corrected chi connectivity index (χ2v) is 6.13. The van der Waals surface area contributed by atoms with Crippen molar-refractivity contribution in [2.45, 2.75) is 32.2 Å². The van der Waals surface area contributed by atoms with Crippen molar-refractivity contribution in [1.82, 2.24) is 0 Å². The predicted octanol–water partition coefficient (Wildman–Crippen LogP) is 3.57. The lowest BCUT2D eigenvalue weighted by atomic mass is 9.93. The van der Waals surface area contributed by atoms with Gasteiger partial charge in [0.1, 0.15) is 0 Å². The van der Waals surface area contributed by atoms with Crippen molar-refractivity contribution < 1.29 is 0 Å². The smallest absolute Gasteiger partial charge is 0.0345 e. The molecule has 1 aliphatic rings. The van der Waals surface area contributed by atoms with Crippen molar-refractivity contribution in [3.8, 4) is 0 Å². The number of hydrogen-bond donors (Lipinski definition) is 1. The molecule has 2 heteroatoms. The molecule has 16 heavy (non-hydrogen) atoms. The normalized spacial score (nSPS) is 19.9. The molecule has 1 fully saturated rings. The highest BCUT2D eigenvalue weighted by Crippen LogP contribution is 2.48. The first-order valence-electron chi connectivity index (χ1n) is 5.90. The highest BCUT2D eigenvalue weighted by molar-refractivity contribution is 7.17. The average molecular weight is 231 g/mol. The van der Waals surface area contributed by atoms with Crippen LogP contribution in [0.4, 0.5) is 0 Å². The van der Waals surface area contributed by atoms with Gasteiger partial charge in [-0.15, -0.1) is 11.3 Å². The lowest BCUT2D eigenvalue weighted by Gasteiger charge is -2.18. The van der Waals surface area contributed by atoms with Crippen LogP contribution in [0.3, 0.4) is 0 Å². The summed E-state index contributed by atoms with van der Waals surface area (Å²) in [6.07, 6.45) is 3.63. The lowest BCUT2D eigenvalue weighted by molar-refractivity contribution is 0.434. The molecule has 1 nitrogen and oxygen atoms in total. The molecular formula is C14H17NS. The third-order valence-corrected chi connectivity index (χ3v) is 4.95. The van der Waals surface area contributed by atoms with Gasteiger partial charge in [-0.05, 0) is 47.1 Å². The summed E-state index contributed by atoms with van der Waals surface area (Å²) in [4.78, 5) is 0. The van der Waals surface area contributed by atoms with Crippen molar-refractivity contribution in [2.24, 2.45) is 11.1 Å². The van der Waals surface area contributed by atoms with E-state index >= 15 is 0 Å². The van der Waals surface area contributed by atoms with Gasteiger partial charge in [-0.1, -0.05) is 25.1 Å². The third-order valence-electron chi connectivity index (χ3n) is 3.93. The summed E-state index contributed by atoms with van der Waals surface area (Å²) in [7, 11) is 0. The van der Waals surface area contributed by atoms with E-state index in [9.17, 15) is 0 Å². The second kappa shape index (κ2) is 3.57. The summed E-state index contributed by atoms with van der Waals surface area (Å²) in [6, 6.07) is 8.94. The minimum atomic E-state index is 0.325. The van der Waals surface area contributed by atoms with E-state index in [1.54, 1.807) is 0 Å². The summed E-state index contributed by atoms with van der Waals surface area (Å²) in [5, 5.41) is 3.67. The Balaban J connectivity index is 1.89. The Bertz CT molecular complexity index is 510. The number of nitrogens with two attached hydrogens (primary N) is 1. The highest BCUT2D eigenvalue weighted by atomic mass is 32.1. The molecule has 1 saturated carbocycles. The van der Waals surface area contributed by atoms with Gasteiger partial charge in [0.2, 0.25) is 0 Å². The van der Waals surface area contributed by atoms with Crippen LogP contribution in [0, 0.1) is 5.41 Å². The van der Waals surface area contributed by atoms with Crippen LogP contribution in [0.2, 0.25) is 0 Å². The third kappa shape index (κ3) is 1.66. The van der Waals surface area contributed by atoms with Crippen LogP contribution in [0.1, 0.15) is 25.3 Å². The maximum Gasteiger partial charge on any atom is 0.0345 e. The van der Waals surface area contributed by atoms with E-state index in [1.165, 1.54) is 28.5 Å². The second-order valence-electron chi connectivity index (χ2n) is 5.22. The average Bonchev–Trinajstić information content (AvgIpc) is 2.92. The predicted molar refractivity (Wildman–Crippen MR) is 70.8 cm³/mol. The van der Waals surface area contributed by atoms with Gasteiger partial charge in [-0.25, -0.2) is 0 Å². The number of thiophene rings is 1. The van der Waals surface area contributed by atoms with Crippen molar-refractivity contribution in [3.63, 3.8) is 0 Å². The van der Waals surface area contributed by atoms with Gasteiger partial charge in [-0.2, -0.15) is 0 Å². The van der Waals surface area contributed by atoms with Crippen LogP contribution >= 0.6 is 11.3 Å². The van der Waals surface area contributed by atoms with Gasteiger partial charge in [0.15, 0.2) is 0 Å². The first-order chi connectivity index (χ1) is 7.69. The fraction of sp³-hybridized carbons (Fsp3) is 0.429. The molecule has 84 valence electrons. The summed E-state index contributed by atoms with van der Waals surface area (Å²) < 4.78 is 1.38. The van der Waals surface area contributed by atoms with Gasteiger partial charge in [0.05, 0.1) is 0 Å². The zero-order valence-electron chi connectivity index (χ0n) is 9.57. The summed E-state index contributed by atoms with van der Waals surface area (Å²) in [5.41, 5.74) is 8.15. The minimum absolute atomic E-state index is 0.325. The van der Waals surface area contributed by atoms with Crippen molar-refractivity contribution in [3.05, 3.63) is 35.2 Å². The fourth-order valence-electron chi connectivity index (χ4n) is 2.24. The van der Waals surface area contributed by atoms with Crippen LogP contribution in [0.5, 0.6) is 0 Å². The van der Waals surface area contributed by atoms with Crippen molar-refractivity contribution in [1.29, 1.82) is 0 Å². The molecule has 3 rings (SSSR count). The molecule has 1 unspecified atom stereocenters. The van der Waals surface area contributed by atoms with Crippen molar-refractivity contribution >= 4 is 21.4 Å². The molecule has 1 aromatic heterocycles. The quantitative estimate of drug-likeness (QED) is 0.858. The molecule has 1 heterocycles. The topological polar surface area (TPSA) is 26.0 Å². The molecule has 2 N–H and O–H groups in total. The van der Waals surface area contributed by atoms with Crippen molar-refractivity contribution in [2.75, 3.05) is 0 Å². The van der Waals surface area contributed by atoms with Crippen LogP contribution in [0.15, 0.2) is 29.6 Å². The molecule has 0 bridgehead atoms. The monoisotopic (exact) mass is 231 g/mol. The van der Waals surface area contributed by atoms with Crippen LogP contribution < -0.4 is 5.73 Å². The van der Waals surface area contributed by atoms with Gasteiger partial charge in [-0.3, -0.25) is 0 Å². The summed E-state index contributed by atoms with van der Waals surface area (Å²) in [6.45, 7) is 2.31. The molecule has 0 saturated heterocycles. The summed E-state index contributed by atoms with van der Waals surface area (Å²) in [5.74, 6) is 0. The van der Waals surface area contributed by atoms with E-state index in [-0.39, 0.29) is 0 Å².